The lowest BCUT2D eigenvalue weighted by molar-refractivity contribution is 0.264. The fourth-order valence-electron chi connectivity index (χ4n) is 3.08. The highest BCUT2D eigenvalue weighted by atomic mass is 32.1. The quantitative estimate of drug-likeness (QED) is 0.832. The molecule has 3 rings (SSSR count). The van der Waals surface area contributed by atoms with E-state index in [4.69, 9.17) is 4.74 Å². The zero-order chi connectivity index (χ0) is 14.7. The fourth-order valence-corrected chi connectivity index (χ4v) is 3.95. The Morgan fingerprint density at radius 1 is 1.24 bits per heavy atom. The first-order valence-corrected chi connectivity index (χ1v) is 8.61. The van der Waals surface area contributed by atoms with E-state index in [-0.39, 0.29) is 0 Å². The molecule has 112 valence electrons. The van der Waals surface area contributed by atoms with Gasteiger partial charge in [-0.25, -0.2) is 0 Å². The molecule has 1 aromatic carbocycles. The molecule has 0 bridgehead atoms. The summed E-state index contributed by atoms with van der Waals surface area (Å²) < 4.78 is 5.22. The van der Waals surface area contributed by atoms with Gasteiger partial charge in [0.25, 0.3) is 0 Å². The van der Waals surface area contributed by atoms with Gasteiger partial charge in [0.2, 0.25) is 0 Å². The largest absolute Gasteiger partial charge is 0.497 e. The first kappa shape index (κ1) is 14.6. The molecule has 1 N–H and O–H groups in total. The minimum Gasteiger partial charge on any atom is -0.497 e. The molecule has 1 fully saturated rings. The molecular formula is C18H23NOS. The van der Waals surface area contributed by atoms with Crippen molar-refractivity contribution < 1.29 is 4.74 Å². The summed E-state index contributed by atoms with van der Waals surface area (Å²) in [7, 11) is 1.72. The van der Waals surface area contributed by atoms with Crippen LogP contribution in [0.4, 0.5) is 0 Å². The zero-order valence-corrected chi connectivity index (χ0v) is 13.5. The van der Waals surface area contributed by atoms with E-state index in [2.05, 4.69) is 54.0 Å². The number of benzene rings is 1. The van der Waals surface area contributed by atoms with Gasteiger partial charge >= 0.3 is 0 Å². The van der Waals surface area contributed by atoms with E-state index < -0.39 is 0 Å². The number of nitrogens with one attached hydrogen (secondary N) is 1. The van der Waals surface area contributed by atoms with E-state index in [1.807, 2.05) is 11.3 Å². The van der Waals surface area contributed by atoms with Crippen LogP contribution < -0.4 is 10.1 Å². The number of rotatable bonds is 6. The maximum absolute atomic E-state index is 5.22. The lowest BCUT2D eigenvalue weighted by Crippen LogP contribution is -2.41. The number of thiophene rings is 1. The Bertz CT molecular complexity index is 543. The molecule has 1 saturated carbocycles. The molecular weight excluding hydrogens is 278 g/mol. The van der Waals surface area contributed by atoms with Crippen molar-refractivity contribution in [2.24, 2.45) is 0 Å². The van der Waals surface area contributed by atoms with Crippen molar-refractivity contribution in [1.29, 1.82) is 0 Å². The SMILES string of the molecule is CCC(NC1CC(c2ccc(OC)cc2)C1)c1cccs1. The average Bonchev–Trinajstić information content (AvgIpc) is 3.01. The summed E-state index contributed by atoms with van der Waals surface area (Å²) in [6.45, 7) is 2.26. The zero-order valence-electron chi connectivity index (χ0n) is 12.7. The lowest BCUT2D eigenvalue weighted by atomic mass is 9.75. The maximum atomic E-state index is 5.22. The van der Waals surface area contributed by atoms with Gasteiger partial charge in [-0.05, 0) is 54.3 Å². The summed E-state index contributed by atoms with van der Waals surface area (Å²) in [5.74, 6) is 1.64. The predicted octanol–water partition coefficient (Wildman–Crippen LogP) is 4.74. The third kappa shape index (κ3) is 3.30. The molecule has 0 aliphatic heterocycles. The first-order valence-electron chi connectivity index (χ1n) is 7.73. The Morgan fingerprint density at radius 3 is 2.57 bits per heavy atom. The molecule has 2 nitrogen and oxygen atoms in total. The Labute approximate surface area is 131 Å². The van der Waals surface area contributed by atoms with Crippen molar-refractivity contribution in [2.75, 3.05) is 7.11 Å². The van der Waals surface area contributed by atoms with E-state index in [1.54, 1.807) is 7.11 Å². The van der Waals surface area contributed by atoms with Crippen molar-refractivity contribution in [3.63, 3.8) is 0 Å². The van der Waals surface area contributed by atoms with Crippen LogP contribution in [-0.4, -0.2) is 13.2 Å². The smallest absolute Gasteiger partial charge is 0.118 e. The second-order valence-corrected chi connectivity index (χ2v) is 6.76. The molecule has 1 unspecified atom stereocenters. The van der Waals surface area contributed by atoms with Gasteiger partial charge in [-0.1, -0.05) is 25.1 Å². The summed E-state index contributed by atoms with van der Waals surface area (Å²) in [5.41, 5.74) is 1.44. The summed E-state index contributed by atoms with van der Waals surface area (Å²) in [6, 6.07) is 14.1. The van der Waals surface area contributed by atoms with Gasteiger partial charge in [-0.2, -0.15) is 0 Å². The minimum atomic E-state index is 0.520. The van der Waals surface area contributed by atoms with E-state index >= 15 is 0 Å². The van der Waals surface area contributed by atoms with Crippen LogP contribution >= 0.6 is 11.3 Å². The van der Waals surface area contributed by atoms with Gasteiger partial charge < -0.3 is 10.1 Å². The average molecular weight is 301 g/mol. The third-order valence-electron chi connectivity index (χ3n) is 4.46. The lowest BCUT2D eigenvalue weighted by Gasteiger charge is -2.38. The molecule has 0 spiro atoms. The molecule has 0 radical (unpaired) electrons. The van der Waals surface area contributed by atoms with Crippen LogP contribution in [-0.2, 0) is 0 Å². The number of hydrogen-bond donors (Lipinski definition) is 1. The van der Waals surface area contributed by atoms with Gasteiger partial charge in [-0.3, -0.25) is 0 Å². The first-order chi connectivity index (χ1) is 10.3. The molecule has 1 heterocycles. The standard InChI is InChI=1S/C18H23NOS/c1-3-17(18-5-4-10-21-18)19-15-11-14(12-15)13-6-8-16(20-2)9-7-13/h4-10,14-15,17,19H,3,11-12H2,1-2H3. The topological polar surface area (TPSA) is 21.3 Å². The molecule has 1 atom stereocenters. The molecule has 1 aliphatic rings. The van der Waals surface area contributed by atoms with E-state index in [0.717, 1.165) is 12.2 Å². The van der Waals surface area contributed by atoms with Crippen LogP contribution in [0.1, 0.15) is 48.6 Å². The van der Waals surface area contributed by atoms with E-state index in [0.29, 0.717) is 18.0 Å². The summed E-state index contributed by atoms with van der Waals surface area (Å²) >= 11 is 1.86. The van der Waals surface area contributed by atoms with Gasteiger partial charge in [0.1, 0.15) is 5.75 Å². The molecule has 1 aromatic heterocycles. The molecule has 1 aliphatic carbocycles. The Hall–Kier alpha value is -1.32. The Balaban J connectivity index is 1.53. The number of methoxy groups -OCH3 is 1. The molecule has 2 aromatic rings. The summed E-state index contributed by atoms with van der Waals surface area (Å²) in [5, 5.41) is 5.98. The number of hydrogen-bond acceptors (Lipinski definition) is 3. The predicted molar refractivity (Wildman–Crippen MR) is 89.2 cm³/mol. The summed E-state index contributed by atoms with van der Waals surface area (Å²) in [6.07, 6.45) is 3.65. The van der Waals surface area contributed by atoms with Crippen LogP contribution in [0.2, 0.25) is 0 Å². The minimum absolute atomic E-state index is 0.520. The van der Waals surface area contributed by atoms with Crippen LogP contribution in [0.15, 0.2) is 41.8 Å². The second kappa shape index (κ2) is 6.63. The van der Waals surface area contributed by atoms with Crippen molar-refractivity contribution in [2.45, 2.75) is 44.2 Å². The van der Waals surface area contributed by atoms with Gasteiger partial charge in [-0.15, -0.1) is 11.3 Å². The van der Waals surface area contributed by atoms with E-state index in [1.165, 1.54) is 23.3 Å². The number of ether oxygens (including phenoxy) is 1. The van der Waals surface area contributed by atoms with Crippen molar-refractivity contribution in [1.82, 2.24) is 5.32 Å². The third-order valence-corrected chi connectivity index (χ3v) is 5.44. The van der Waals surface area contributed by atoms with Gasteiger partial charge in [0.15, 0.2) is 0 Å². The monoisotopic (exact) mass is 301 g/mol. The van der Waals surface area contributed by atoms with E-state index in [9.17, 15) is 0 Å². The highest BCUT2D eigenvalue weighted by Gasteiger charge is 2.31. The normalized spacial score (nSPS) is 22.6. The highest BCUT2D eigenvalue weighted by Crippen LogP contribution is 2.39. The van der Waals surface area contributed by atoms with Crippen molar-refractivity contribution in [3.05, 3.63) is 52.2 Å². The van der Waals surface area contributed by atoms with Crippen LogP contribution in [0.5, 0.6) is 5.75 Å². The Kier molecular flexibility index (Phi) is 4.61. The Morgan fingerprint density at radius 2 is 2.00 bits per heavy atom. The maximum Gasteiger partial charge on any atom is 0.118 e. The molecule has 0 saturated heterocycles. The highest BCUT2D eigenvalue weighted by molar-refractivity contribution is 7.10. The van der Waals surface area contributed by atoms with Crippen molar-refractivity contribution >= 4 is 11.3 Å². The van der Waals surface area contributed by atoms with Gasteiger partial charge in [0, 0.05) is 17.0 Å². The van der Waals surface area contributed by atoms with Crippen LogP contribution in [0.25, 0.3) is 0 Å². The second-order valence-electron chi connectivity index (χ2n) is 5.78. The fraction of sp³-hybridized carbons (Fsp3) is 0.444. The molecule has 3 heteroatoms. The molecule has 21 heavy (non-hydrogen) atoms. The van der Waals surface area contributed by atoms with Crippen LogP contribution in [0.3, 0.4) is 0 Å². The van der Waals surface area contributed by atoms with Crippen LogP contribution in [0, 0.1) is 0 Å². The van der Waals surface area contributed by atoms with Gasteiger partial charge in [0.05, 0.1) is 7.11 Å². The van der Waals surface area contributed by atoms with Crippen molar-refractivity contribution in [3.8, 4) is 5.75 Å². The molecule has 0 amide bonds. The summed E-state index contributed by atoms with van der Waals surface area (Å²) in [4.78, 5) is 1.46.